The monoisotopic (exact) mass is 884 g/mol. The highest BCUT2D eigenvalue weighted by Gasteiger charge is 2.29. The molecular weight excluding hydrogens is 833 g/mol. The van der Waals surface area contributed by atoms with Crippen molar-refractivity contribution in [3.63, 3.8) is 0 Å². The average Bonchev–Trinajstić information content (AvgIpc) is 3.34. The van der Waals surface area contributed by atoms with Crippen LogP contribution in [-0.4, -0.2) is 29.9 Å². The minimum Gasteiger partial charge on any atom is -0.309 e. The van der Waals surface area contributed by atoms with Crippen molar-refractivity contribution in [3.05, 3.63) is 214 Å². The second-order valence-corrected chi connectivity index (χ2v) is 17.8. The molecule has 0 spiro atoms. The maximum absolute atomic E-state index is 5.38. The largest absolute Gasteiger partial charge is 0.309 e. The summed E-state index contributed by atoms with van der Waals surface area (Å²) in [6, 6.07) is 58.5. The van der Waals surface area contributed by atoms with Crippen LogP contribution in [0.3, 0.4) is 0 Å². The van der Waals surface area contributed by atoms with E-state index in [2.05, 4.69) is 139 Å². The van der Waals surface area contributed by atoms with Gasteiger partial charge in [0.1, 0.15) is 0 Å². The molecule has 2 heterocycles. The van der Waals surface area contributed by atoms with Crippen molar-refractivity contribution in [2.45, 2.75) is 55.4 Å². The first-order valence-corrected chi connectivity index (χ1v) is 23.0. The van der Waals surface area contributed by atoms with Crippen LogP contribution in [-0.2, 0) is 0 Å². The van der Waals surface area contributed by atoms with Crippen molar-refractivity contribution >= 4 is 45.4 Å². The van der Waals surface area contributed by atoms with Gasteiger partial charge in [-0.1, -0.05) is 163 Å². The predicted octanol–water partition coefficient (Wildman–Crippen LogP) is 15.3. The first-order chi connectivity index (χ1) is 33.0. The molecule has 0 bridgehead atoms. The Hall–Kier alpha value is -8.36. The zero-order chi connectivity index (χ0) is 47.1. The highest BCUT2D eigenvalue weighted by molar-refractivity contribution is 5.89. The Morgan fingerprint density at radius 3 is 1.03 bits per heavy atom. The third-order valence-electron chi connectivity index (χ3n) is 12.4. The van der Waals surface area contributed by atoms with Crippen molar-refractivity contribution in [2.24, 2.45) is 0 Å². The third kappa shape index (κ3) is 8.48. The first kappa shape index (κ1) is 43.5. The number of nitrogens with zero attached hydrogens (tertiary/aromatic N) is 8. The van der Waals surface area contributed by atoms with Crippen LogP contribution in [0.4, 0.5) is 34.6 Å². The Morgan fingerprint density at radius 1 is 0.279 bits per heavy atom. The Labute approximate surface area is 398 Å². The molecule has 8 heteroatoms. The zero-order valence-corrected chi connectivity index (χ0v) is 39.7. The third-order valence-corrected chi connectivity index (χ3v) is 12.4. The van der Waals surface area contributed by atoms with Gasteiger partial charge in [-0.2, -0.15) is 19.9 Å². The molecule has 0 amide bonds. The lowest BCUT2D eigenvalue weighted by atomic mass is 9.97. The van der Waals surface area contributed by atoms with Crippen LogP contribution in [0.25, 0.3) is 56.3 Å². The summed E-state index contributed by atoms with van der Waals surface area (Å²) in [5.74, 6) is 2.86. The van der Waals surface area contributed by atoms with E-state index in [9.17, 15) is 0 Å². The predicted molar refractivity (Wildman–Crippen MR) is 280 cm³/mol. The van der Waals surface area contributed by atoms with E-state index in [-0.39, 0.29) is 0 Å². The van der Waals surface area contributed by atoms with Gasteiger partial charge >= 0.3 is 0 Å². The van der Waals surface area contributed by atoms with Gasteiger partial charge in [0.15, 0.2) is 23.3 Å². The van der Waals surface area contributed by atoms with Gasteiger partial charge in [0.05, 0.1) is 17.1 Å². The molecule has 0 aliphatic rings. The zero-order valence-electron chi connectivity index (χ0n) is 39.7. The van der Waals surface area contributed by atoms with E-state index in [0.29, 0.717) is 35.2 Å². The minimum atomic E-state index is 0.373. The number of aromatic nitrogens is 6. The van der Waals surface area contributed by atoms with Gasteiger partial charge in [0.25, 0.3) is 0 Å². The van der Waals surface area contributed by atoms with Gasteiger partial charge in [0, 0.05) is 27.9 Å². The van der Waals surface area contributed by atoms with Crippen molar-refractivity contribution in [1.29, 1.82) is 0 Å². The summed E-state index contributed by atoms with van der Waals surface area (Å²) in [6.07, 6.45) is 0. The molecule has 0 atom stereocenters. The number of anilines is 6. The molecule has 0 aliphatic carbocycles. The summed E-state index contributed by atoms with van der Waals surface area (Å²) < 4.78 is 0. The maximum atomic E-state index is 5.38. The molecule has 10 aromatic rings. The molecule has 0 saturated carbocycles. The highest BCUT2D eigenvalue weighted by atomic mass is 15.4. The number of fused-ring (bicyclic) bond motifs is 1. The van der Waals surface area contributed by atoms with E-state index in [0.717, 1.165) is 66.9 Å². The molecule has 0 fully saturated rings. The Morgan fingerprint density at radius 2 is 0.618 bits per heavy atom. The highest BCUT2D eigenvalue weighted by Crippen LogP contribution is 2.46. The number of hydrogen-bond donors (Lipinski definition) is 0. The number of aryl methyl sites for hydroxylation is 8. The number of rotatable bonds is 10. The normalized spacial score (nSPS) is 11.2. The molecule has 0 radical (unpaired) electrons. The summed E-state index contributed by atoms with van der Waals surface area (Å²) in [7, 11) is 0. The molecule has 0 unspecified atom stereocenters. The lowest BCUT2D eigenvalue weighted by Crippen LogP contribution is -2.21. The molecule has 0 saturated heterocycles. The molecule has 0 N–H and O–H groups in total. The summed E-state index contributed by atoms with van der Waals surface area (Å²) in [6.45, 7) is 17.5. The van der Waals surface area contributed by atoms with Crippen LogP contribution in [0.1, 0.15) is 44.5 Å². The first-order valence-electron chi connectivity index (χ1n) is 23.0. The fourth-order valence-corrected chi connectivity index (χ4v) is 9.66. The van der Waals surface area contributed by atoms with Crippen molar-refractivity contribution < 1.29 is 0 Å². The summed E-state index contributed by atoms with van der Waals surface area (Å²) in [5.41, 5.74) is 16.9. The summed E-state index contributed by atoms with van der Waals surface area (Å²) in [4.78, 5) is 36.1. The smallest absolute Gasteiger partial charge is 0.241 e. The van der Waals surface area contributed by atoms with Crippen LogP contribution in [0, 0.1) is 55.4 Å². The summed E-state index contributed by atoms with van der Waals surface area (Å²) >= 11 is 0. The molecular formula is C60H52N8. The van der Waals surface area contributed by atoms with Gasteiger partial charge in [-0.3, -0.25) is 0 Å². The van der Waals surface area contributed by atoms with Gasteiger partial charge in [-0.05, 0) is 118 Å². The van der Waals surface area contributed by atoms with Gasteiger partial charge < -0.3 is 4.90 Å². The number of hydrogen-bond acceptors (Lipinski definition) is 8. The lowest BCUT2D eigenvalue weighted by molar-refractivity contribution is 0.957. The molecule has 332 valence electrons. The van der Waals surface area contributed by atoms with Crippen molar-refractivity contribution in [1.82, 2.24) is 29.9 Å². The average molecular weight is 885 g/mol. The van der Waals surface area contributed by atoms with Crippen molar-refractivity contribution in [3.8, 4) is 45.6 Å². The minimum absolute atomic E-state index is 0.373. The molecule has 10 rings (SSSR count). The fraction of sp³-hybridized carbons (Fsp3) is 0.133. The topological polar surface area (TPSA) is 83.8 Å². The number of benzene rings is 8. The van der Waals surface area contributed by atoms with Crippen LogP contribution >= 0.6 is 0 Å². The molecule has 2 aromatic heterocycles. The quantitative estimate of drug-likeness (QED) is 0.134. The van der Waals surface area contributed by atoms with Crippen LogP contribution in [0.15, 0.2) is 170 Å². The van der Waals surface area contributed by atoms with E-state index in [1.165, 1.54) is 33.4 Å². The van der Waals surface area contributed by atoms with E-state index < -0.39 is 0 Å². The van der Waals surface area contributed by atoms with E-state index >= 15 is 0 Å². The molecule has 8 aromatic carbocycles. The Balaban J connectivity index is 1.27. The SMILES string of the molecule is Cc1cc(C)c(N(c2cc(C)c(N(c3nc(-c4ccccc4)nc(-c4ccccc4)n3)c3nc(-c4ccccc4)nc(-c4ccc5ccccc5c4)n3)c(C)c2)c2c(C)cc(C)cc2C)c(C)c1. The second-order valence-electron chi connectivity index (χ2n) is 17.8. The Kier molecular flexibility index (Phi) is 11.6. The van der Waals surface area contributed by atoms with Crippen LogP contribution < -0.4 is 9.80 Å². The molecule has 68 heavy (non-hydrogen) atoms. The van der Waals surface area contributed by atoms with E-state index in [1.54, 1.807) is 0 Å². The van der Waals surface area contributed by atoms with Gasteiger partial charge in [0.2, 0.25) is 11.9 Å². The van der Waals surface area contributed by atoms with E-state index in [1.807, 2.05) is 95.9 Å². The standard InChI is InChI=1S/C60H52N8/c1-37-30-39(3)52(40(4)31-37)67(53-41(5)32-38(2)33-42(53)6)51-34-43(7)54(44(8)35-51)68(59-63-55(46-21-12-9-13-22-46)61-56(64-59)47-23-14-10-15-24-47)60-65-57(48-25-16-11-17-26-48)62-58(66-60)50-29-28-45-20-18-19-27-49(45)36-50/h9-36H,1-8H3. The molecule has 0 aliphatic heterocycles. The lowest BCUT2D eigenvalue weighted by Gasteiger charge is -2.33. The maximum Gasteiger partial charge on any atom is 0.241 e. The fourth-order valence-electron chi connectivity index (χ4n) is 9.66. The van der Waals surface area contributed by atoms with Crippen molar-refractivity contribution in [2.75, 3.05) is 9.80 Å². The second kappa shape index (κ2) is 18.1. The summed E-state index contributed by atoms with van der Waals surface area (Å²) in [5, 5.41) is 2.22. The van der Waals surface area contributed by atoms with Gasteiger partial charge in [-0.15, -0.1) is 0 Å². The van der Waals surface area contributed by atoms with Crippen LogP contribution in [0.5, 0.6) is 0 Å². The Bertz CT molecular complexity index is 3310. The van der Waals surface area contributed by atoms with Crippen LogP contribution in [0.2, 0.25) is 0 Å². The van der Waals surface area contributed by atoms with Gasteiger partial charge in [-0.25, -0.2) is 14.9 Å². The van der Waals surface area contributed by atoms with E-state index in [4.69, 9.17) is 29.9 Å². The molecule has 8 nitrogen and oxygen atoms in total.